The average molecular weight is 492 g/mol. The van der Waals surface area contributed by atoms with Gasteiger partial charge in [0.1, 0.15) is 11.5 Å². The Labute approximate surface area is 171 Å². The summed E-state index contributed by atoms with van der Waals surface area (Å²) < 4.78 is 47.4. The number of halogens is 2. The molecule has 29 heavy (non-hydrogen) atoms. The van der Waals surface area contributed by atoms with E-state index >= 15 is 0 Å². The highest BCUT2D eigenvalue weighted by molar-refractivity contribution is 9.10. The standard InChI is InChI=1S/C15H15BrFN5O6S/c1-26-21-29(24,25)7-3-2-4-12-13(19-28-18-12)14-20-27-15(23)22(14)9-5-6-11(17)10(16)8-9/h5-6,8,21H,2-4,7H2,1H3. The lowest BCUT2D eigenvalue weighted by Crippen LogP contribution is -2.25. The van der Waals surface area contributed by atoms with E-state index in [4.69, 9.17) is 9.15 Å². The van der Waals surface area contributed by atoms with Crippen LogP contribution in [0.1, 0.15) is 18.5 Å². The van der Waals surface area contributed by atoms with Gasteiger partial charge in [-0.3, -0.25) is 9.36 Å². The van der Waals surface area contributed by atoms with Gasteiger partial charge in [-0.1, -0.05) is 15.2 Å². The monoisotopic (exact) mass is 491 g/mol. The van der Waals surface area contributed by atoms with Crippen LogP contribution in [0.25, 0.3) is 17.2 Å². The molecule has 0 saturated heterocycles. The zero-order valence-corrected chi connectivity index (χ0v) is 17.4. The van der Waals surface area contributed by atoms with E-state index in [9.17, 15) is 17.6 Å². The number of aryl methyl sites for hydroxylation is 1. The molecule has 3 rings (SSSR count). The quantitative estimate of drug-likeness (QED) is 0.348. The molecule has 14 heteroatoms. The Kier molecular flexibility index (Phi) is 6.56. The summed E-state index contributed by atoms with van der Waals surface area (Å²) in [5, 5.41) is 11.3. The van der Waals surface area contributed by atoms with Crippen molar-refractivity contribution in [3.05, 3.63) is 44.7 Å². The molecular formula is C15H15BrFN5O6S. The lowest BCUT2D eigenvalue weighted by molar-refractivity contribution is 0.153. The summed E-state index contributed by atoms with van der Waals surface area (Å²) in [5.41, 5.74) is 0.824. The fourth-order valence-electron chi connectivity index (χ4n) is 2.54. The van der Waals surface area contributed by atoms with Gasteiger partial charge < -0.3 is 0 Å². The summed E-state index contributed by atoms with van der Waals surface area (Å²) in [7, 11) is -2.31. The molecule has 0 atom stereocenters. The molecule has 2 aromatic heterocycles. The molecule has 11 nitrogen and oxygen atoms in total. The smallest absolute Gasteiger partial charge is 0.295 e. The van der Waals surface area contributed by atoms with Gasteiger partial charge >= 0.3 is 5.76 Å². The zero-order valence-electron chi connectivity index (χ0n) is 15.0. The van der Waals surface area contributed by atoms with Crippen molar-refractivity contribution in [2.75, 3.05) is 12.9 Å². The van der Waals surface area contributed by atoms with Crippen molar-refractivity contribution < 1.29 is 26.8 Å². The van der Waals surface area contributed by atoms with Crippen LogP contribution in [-0.2, 0) is 21.3 Å². The second-order valence-electron chi connectivity index (χ2n) is 5.83. The molecule has 0 bridgehead atoms. The number of unbranched alkanes of at least 4 members (excludes halogenated alkanes) is 1. The third kappa shape index (κ3) is 4.95. The lowest BCUT2D eigenvalue weighted by Gasteiger charge is -2.05. The van der Waals surface area contributed by atoms with Crippen LogP contribution in [0.5, 0.6) is 0 Å². The van der Waals surface area contributed by atoms with Crippen LogP contribution in [0.15, 0.2) is 36.6 Å². The summed E-state index contributed by atoms with van der Waals surface area (Å²) in [6.45, 7) is 0. The van der Waals surface area contributed by atoms with Crippen molar-refractivity contribution in [2.45, 2.75) is 19.3 Å². The molecule has 0 aliphatic rings. The molecule has 0 spiro atoms. The minimum absolute atomic E-state index is 0.0263. The van der Waals surface area contributed by atoms with Crippen LogP contribution in [0.4, 0.5) is 4.39 Å². The number of nitrogens with one attached hydrogen (secondary N) is 1. The van der Waals surface area contributed by atoms with Crippen LogP contribution in [0.3, 0.4) is 0 Å². The van der Waals surface area contributed by atoms with E-state index in [0.29, 0.717) is 30.6 Å². The maximum atomic E-state index is 13.5. The second-order valence-corrected chi connectivity index (χ2v) is 8.49. The predicted molar refractivity (Wildman–Crippen MR) is 99.9 cm³/mol. The summed E-state index contributed by atoms with van der Waals surface area (Å²) in [6, 6.07) is 3.94. The van der Waals surface area contributed by atoms with E-state index < -0.39 is 21.6 Å². The van der Waals surface area contributed by atoms with E-state index in [1.807, 2.05) is 4.89 Å². The number of nitrogens with zero attached hydrogens (tertiary/aromatic N) is 4. The fourth-order valence-corrected chi connectivity index (χ4v) is 3.83. The number of rotatable bonds is 9. The zero-order chi connectivity index (χ0) is 21.0. The van der Waals surface area contributed by atoms with Crippen molar-refractivity contribution in [3.8, 4) is 17.2 Å². The predicted octanol–water partition coefficient (Wildman–Crippen LogP) is 1.58. The molecule has 0 radical (unpaired) electrons. The number of hydrogen-bond acceptors (Lipinski definition) is 9. The second kappa shape index (κ2) is 8.94. The molecule has 3 aromatic rings. The molecule has 1 aromatic carbocycles. The van der Waals surface area contributed by atoms with Gasteiger partial charge in [0.15, 0.2) is 5.69 Å². The van der Waals surface area contributed by atoms with Gasteiger partial charge in [0, 0.05) is 0 Å². The Morgan fingerprint density at radius 2 is 2.07 bits per heavy atom. The molecule has 1 N–H and O–H groups in total. The Bertz CT molecular complexity index is 1160. The number of benzene rings is 1. The molecule has 0 fully saturated rings. The van der Waals surface area contributed by atoms with Crippen LogP contribution >= 0.6 is 15.9 Å². The first kappa shape index (κ1) is 21.3. The summed E-state index contributed by atoms with van der Waals surface area (Å²) >= 11 is 3.06. The highest BCUT2D eigenvalue weighted by Gasteiger charge is 2.23. The van der Waals surface area contributed by atoms with E-state index in [2.05, 4.69) is 36.2 Å². The van der Waals surface area contributed by atoms with Crippen LogP contribution in [0.2, 0.25) is 0 Å². The topological polar surface area (TPSA) is 142 Å². The molecule has 0 saturated carbocycles. The normalized spacial score (nSPS) is 11.8. The van der Waals surface area contributed by atoms with Gasteiger partial charge in [0.05, 0.1) is 23.0 Å². The number of hydrogen-bond donors (Lipinski definition) is 1. The maximum Gasteiger partial charge on any atom is 0.446 e. The Morgan fingerprint density at radius 3 is 2.79 bits per heavy atom. The van der Waals surface area contributed by atoms with Crippen molar-refractivity contribution in [2.24, 2.45) is 0 Å². The van der Waals surface area contributed by atoms with Crippen molar-refractivity contribution >= 4 is 26.0 Å². The van der Waals surface area contributed by atoms with Gasteiger partial charge in [-0.15, -0.1) is 0 Å². The number of sulfonamides is 1. The molecule has 2 heterocycles. The maximum absolute atomic E-state index is 13.5. The van der Waals surface area contributed by atoms with E-state index in [0.717, 1.165) is 4.57 Å². The van der Waals surface area contributed by atoms with Crippen LogP contribution < -0.4 is 10.6 Å². The first-order chi connectivity index (χ1) is 13.8. The van der Waals surface area contributed by atoms with E-state index in [1.165, 1.54) is 25.3 Å². The average Bonchev–Trinajstić information content (AvgIpc) is 3.27. The Morgan fingerprint density at radius 1 is 1.28 bits per heavy atom. The highest BCUT2D eigenvalue weighted by atomic mass is 79.9. The summed E-state index contributed by atoms with van der Waals surface area (Å²) in [6.07, 6.45) is 1.08. The van der Waals surface area contributed by atoms with E-state index in [1.54, 1.807) is 0 Å². The molecule has 0 unspecified atom stereocenters. The minimum atomic E-state index is -3.52. The van der Waals surface area contributed by atoms with Crippen molar-refractivity contribution in [1.29, 1.82) is 0 Å². The van der Waals surface area contributed by atoms with Gasteiger partial charge in [0.25, 0.3) is 0 Å². The third-order valence-electron chi connectivity index (χ3n) is 3.82. The summed E-state index contributed by atoms with van der Waals surface area (Å²) in [5.74, 6) is -1.41. The molecule has 0 aliphatic heterocycles. The summed E-state index contributed by atoms with van der Waals surface area (Å²) in [4.78, 5) is 18.5. The van der Waals surface area contributed by atoms with Gasteiger partial charge in [0.2, 0.25) is 15.8 Å². The first-order valence-corrected chi connectivity index (χ1v) is 10.7. The van der Waals surface area contributed by atoms with Crippen molar-refractivity contribution in [1.82, 2.24) is 24.9 Å². The minimum Gasteiger partial charge on any atom is -0.295 e. The van der Waals surface area contributed by atoms with E-state index in [-0.39, 0.29) is 21.7 Å². The molecule has 156 valence electrons. The fraction of sp³-hybridized carbons (Fsp3) is 0.333. The third-order valence-corrected chi connectivity index (χ3v) is 5.68. The highest BCUT2D eigenvalue weighted by Crippen LogP contribution is 2.24. The Balaban J connectivity index is 1.81. The van der Waals surface area contributed by atoms with Gasteiger partial charge in [-0.2, -0.15) is 0 Å². The molecule has 0 aliphatic carbocycles. The molecule has 0 amide bonds. The lowest BCUT2D eigenvalue weighted by atomic mass is 10.1. The van der Waals surface area contributed by atoms with Gasteiger partial charge in [-0.25, -0.2) is 26.8 Å². The van der Waals surface area contributed by atoms with Crippen molar-refractivity contribution in [3.63, 3.8) is 0 Å². The SMILES string of the molecule is CONS(=O)(=O)CCCCc1nonc1-c1noc(=O)n1-c1ccc(F)c(Br)c1. The molecular weight excluding hydrogens is 477 g/mol. The first-order valence-electron chi connectivity index (χ1n) is 8.21. The largest absolute Gasteiger partial charge is 0.446 e. The van der Waals surface area contributed by atoms with Gasteiger partial charge in [-0.05, 0) is 58.5 Å². The van der Waals surface area contributed by atoms with Crippen LogP contribution in [-0.4, -0.2) is 41.3 Å². The Hall–Kier alpha value is -2.42. The van der Waals surface area contributed by atoms with Crippen LogP contribution in [0, 0.1) is 5.82 Å². The number of aromatic nitrogens is 4.